The van der Waals surface area contributed by atoms with Crippen molar-refractivity contribution in [1.29, 1.82) is 0 Å². The molecule has 0 aliphatic heterocycles. The van der Waals surface area contributed by atoms with Gasteiger partial charge in [0, 0.05) is 22.6 Å². The van der Waals surface area contributed by atoms with Crippen molar-refractivity contribution in [2.24, 2.45) is 0 Å². The maximum absolute atomic E-state index is 10.6. The Morgan fingerprint density at radius 3 is 3.00 bits per heavy atom. The Labute approximate surface area is 110 Å². The molecule has 1 heterocycles. The molecule has 1 unspecified atom stereocenters. The molecule has 1 atom stereocenters. The van der Waals surface area contributed by atoms with Crippen LogP contribution in [-0.2, 0) is 10.5 Å². The lowest BCUT2D eigenvalue weighted by atomic mass is 10.2. The van der Waals surface area contributed by atoms with Gasteiger partial charge in [0.25, 0.3) is 0 Å². The predicted molar refractivity (Wildman–Crippen MR) is 74.8 cm³/mol. The molecule has 0 saturated carbocycles. The van der Waals surface area contributed by atoms with Crippen molar-refractivity contribution in [3.8, 4) is 0 Å². The van der Waals surface area contributed by atoms with Crippen LogP contribution in [0.2, 0.25) is 0 Å². The van der Waals surface area contributed by atoms with Crippen molar-refractivity contribution < 1.29 is 9.90 Å². The number of hydrogen-bond donors (Lipinski definition) is 1. The van der Waals surface area contributed by atoms with Crippen LogP contribution in [0, 0.1) is 0 Å². The fraction of sp³-hybridized carbons (Fsp3) is 0.286. The molecule has 94 valence electrons. The Balaban J connectivity index is 2.01. The summed E-state index contributed by atoms with van der Waals surface area (Å²) in [7, 11) is 0. The zero-order chi connectivity index (χ0) is 13.0. The first-order valence-electron chi connectivity index (χ1n) is 5.82. The lowest BCUT2D eigenvalue weighted by Crippen LogP contribution is -2.05. The molecule has 0 aliphatic carbocycles. The fourth-order valence-electron chi connectivity index (χ4n) is 1.74. The van der Waals surface area contributed by atoms with Crippen molar-refractivity contribution in [2.75, 3.05) is 0 Å². The number of carbonyl (C=O) groups is 1. The Hall–Kier alpha value is -1.55. The summed E-state index contributed by atoms with van der Waals surface area (Å²) in [5, 5.41) is 9.94. The standard InChI is InChI=1S/C14H15NO2S/c1-10(6-14(16)17)18-9-11-7-12-4-2-3-5-13(12)15-8-11/h2-5,7-8,10H,6,9H2,1H3,(H,16,17). The van der Waals surface area contributed by atoms with Crippen LogP contribution in [-0.4, -0.2) is 21.3 Å². The smallest absolute Gasteiger partial charge is 0.304 e. The van der Waals surface area contributed by atoms with Gasteiger partial charge in [-0.3, -0.25) is 9.78 Å². The quantitative estimate of drug-likeness (QED) is 0.897. The summed E-state index contributed by atoms with van der Waals surface area (Å²) in [4.78, 5) is 15.0. The second kappa shape index (κ2) is 5.87. The first kappa shape index (κ1) is 12.9. The number of fused-ring (bicyclic) bond motifs is 1. The van der Waals surface area contributed by atoms with Crippen molar-refractivity contribution in [3.05, 3.63) is 42.1 Å². The number of thioether (sulfide) groups is 1. The number of rotatable bonds is 5. The van der Waals surface area contributed by atoms with Gasteiger partial charge in [0.15, 0.2) is 0 Å². The third-order valence-corrected chi connectivity index (χ3v) is 3.88. The molecule has 0 radical (unpaired) electrons. The van der Waals surface area contributed by atoms with Crippen molar-refractivity contribution in [2.45, 2.75) is 24.3 Å². The van der Waals surface area contributed by atoms with Crippen molar-refractivity contribution >= 4 is 28.6 Å². The fourth-order valence-corrected chi connectivity index (χ4v) is 2.63. The lowest BCUT2D eigenvalue weighted by molar-refractivity contribution is -0.136. The van der Waals surface area contributed by atoms with Crippen molar-refractivity contribution in [1.82, 2.24) is 4.98 Å². The van der Waals surface area contributed by atoms with Gasteiger partial charge in [-0.25, -0.2) is 0 Å². The van der Waals surface area contributed by atoms with Crippen LogP contribution in [0.1, 0.15) is 18.9 Å². The van der Waals surface area contributed by atoms with Crippen LogP contribution >= 0.6 is 11.8 Å². The van der Waals surface area contributed by atoms with E-state index in [9.17, 15) is 4.79 Å². The molecule has 0 saturated heterocycles. The molecular formula is C14H15NO2S. The van der Waals surface area contributed by atoms with E-state index in [0.717, 1.165) is 22.2 Å². The van der Waals surface area contributed by atoms with Gasteiger partial charge in [-0.1, -0.05) is 25.1 Å². The van der Waals surface area contributed by atoms with E-state index < -0.39 is 5.97 Å². The van der Waals surface area contributed by atoms with Crippen LogP contribution in [0.25, 0.3) is 10.9 Å². The van der Waals surface area contributed by atoms with E-state index in [0.29, 0.717) is 0 Å². The Kier molecular flexibility index (Phi) is 4.20. The largest absolute Gasteiger partial charge is 0.481 e. The first-order chi connectivity index (χ1) is 8.65. The second-order valence-electron chi connectivity index (χ2n) is 4.26. The van der Waals surface area contributed by atoms with E-state index in [2.05, 4.69) is 11.1 Å². The van der Waals surface area contributed by atoms with Gasteiger partial charge in [-0.2, -0.15) is 11.8 Å². The number of benzene rings is 1. The van der Waals surface area contributed by atoms with E-state index in [4.69, 9.17) is 5.11 Å². The summed E-state index contributed by atoms with van der Waals surface area (Å²) in [6.07, 6.45) is 2.06. The summed E-state index contributed by atoms with van der Waals surface area (Å²) in [5.41, 5.74) is 2.13. The zero-order valence-electron chi connectivity index (χ0n) is 10.2. The third-order valence-electron chi connectivity index (χ3n) is 2.64. The molecule has 0 amide bonds. The Morgan fingerprint density at radius 2 is 2.22 bits per heavy atom. The van der Waals surface area contributed by atoms with Gasteiger partial charge in [-0.05, 0) is 17.7 Å². The molecule has 2 rings (SSSR count). The number of nitrogens with zero attached hydrogens (tertiary/aromatic N) is 1. The average molecular weight is 261 g/mol. The number of carboxylic acid groups (broad SMARTS) is 1. The SMILES string of the molecule is CC(CC(=O)O)SCc1cnc2ccccc2c1. The number of para-hydroxylation sites is 1. The van der Waals surface area contributed by atoms with Gasteiger partial charge in [0.2, 0.25) is 0 Å². The molecule has 1 aromatic heterocycles. The van der Waals surface area contributed by atoms with Crippen LogP contribution in [0.4, 0.5) is 0 Å². The third kappa shape index (κ3) is 3.47. The molecule has 3 nitrogen and oxygen atoms in total. The first-order valence-corrected chi connectivity index (χ1v) is 6.87. The van der Waals surface area contributed by atoms with Gasteiger partial charge < -0.3 is 5.11 Å². The predicted octanol–water partition coefficient (Wildman–Crippen LogP) is 3.33. The lowest BCUT2D eigenvalue weighted by Gasteiger charge is -2.08. The highest BCUT2D eigenvalue weighted by Crippen LogP contribution is 2.21. The second-order valence-corrected chi connectivity index (χ2v) is 5.68. The molecule has 1 aromatic carbocycles. The Bertz CT molecular complexity index is 556. The Morgan fingerprint density at radius 1 is 1.44 bits per heavy atom. The maximum Gasteiger partial charge on any atom is 0.304 e. The monoisotopic (exact) mass is 261 g/mol. The van der Waals surface area contributed by atoms with Crippen LogP contribution in [0.3, 0.4) is 0 Å². The van der Waals surface area contributed by atoms with Crippen molar-refractivity contribution in [3.63, 3.8) is 0 Å². The minimum atomic E-state index is -0.744. The molecular weight excluding hydrogens is 246 g/mol. The molecule has 1 N–H and O–H groups in total. The maximum atomic E-state index is 10.6. The van der Waals surface area contributed by atoms with Crippen LogP contribution in [0.5, 0.6) is 0 Å². The number of aromatic nitrogens is 1. The summed E-state index contributed by atoms with van der Waals surface area (Å²) >= 11 is 1.65. The van der Waals surface area contributed by atoms with E-state index in [1.165, 1.54) is 0 Å². The highest BCUT2D eigenvalue weighted by molar-refractivity contribution is 7.99. The molecule has 0 spiro atoms. The minimum Gasteiger partial charge on any atom is -0.481 e. The summed E-state index contributed by atoms with van der Waals surface area (Å²) < 4.78 is 0. The molecule has 0 bridgehead atoms. The summed E-state index contributed by atoms with van der Waals surface area (Å²) in [5.74, 6) is 0.0540. The average Bonchev–Trinajstić information content (AvgIpc) is 2.35. The number of carboxylic acids is 1. The number of hydrogen-bond acceptors (Lipinski definition) is 3. The highest BCUT2D eigenvalue weighted by Gasteiger charge is 2.08. The number of aliphatic carboxylic acids is 1. The van der Waals surface area contributed by atoms with Gasteiger partial charge in [-0.15, -0.1) is 0 Å². The molecule has 0 fully saturated rings. The number of pyridine rings is 1. The van der Waals surface area contributed by atoms with E-state index in [-0.39, 0.29) is 11.7 Å². The molecule has 18 heavy (non-hydrogen) atoms. The molecule has 4 heteroatoms. The zero-order valence-corrected chi connectivity index (χ0v) is 11.0. The van der Waals surface area contributed by atoms with Crippen LogP contribution in [0.15, 0.2) is 36.5 Å². The molecule has 0 aliphatic rings. The van der Waals surface area contributed by atoms with E-state index in [1.54, 1.807) is 11.8 Å². The van der Waals surface area contributed by atoms with Gasteiger partial charge in [0.1, 0.15) is 0 Å². The summed E-state index contributed by atoms with van der Waals surface area (Å²) in [6, 6.07) is 10.1. The van der Waals surface area contributed by atoms with Gasteiger partial charge >= 0.3 is 5.97 Å². The summed E-state index contributed by atoms with van der Waals surface area (Å²) in [6.45, 7) is 1.94. The minimum absolute atomic E-state index is 0.119. The normalized spacial score (nSPS) is 12.5. The van der Waals surface area contributed by atoms with Crippen LogP contribution < -0.4 is 0 Å². The van der Waals surface area contributed by atoms with E-state index >= 15 is 0 Å². The molecule has 2 aromatic rings. The topological polar surface area (TPSA) is 50.2 Å². The highest BCUT2D eigenvalue weighted by atomic mass is 32.2. The van der Waals surface area contributed by atoms with E-state index in [1.807, 2.05) is 37.4 Å². The van der Waals surface area contributed by atoms with Gasteiger partial charge in [0.05, 0.1) is 11.9 Å².